The molecule has 8 heteroatoms. The largest absolute Gasteiger partial charge is 0.324 e. The van der Waals surface area contributed by atoms with Crippen LogP contribution in [0, 0.1) is 0 Å². The molecule has 0 fully saturated rings. The van der Waals surface area contributed by atoms with Crippen LogP contribution < -0.4 is 10.6 Å². The van der Waals surface area contributed by atoms with E-state index in [-0.39, 0.29) is 52.1 Å². The van der Waals surface area contributed by atoms with E-state index in [1.165, 1.54) is 12.1 Å². The van der Waals surface area contributed by atoms with E-state index in [4.69, 9.17) is 23.2 Å². The smallest absolute Gasteiger partial charge is 0.239 e. The van der Waals surface area contributed by atoms with Crippen LogP contribution in [0.2, 0.25) is 0 Å². The number of fused-ring (bicyclic) bond motifs is 2. The summed E-state index contributed by atoms with van der Waals surface area (Å²) in [6.07, 6.45) is 0.580. The minimum atomic E-state index is -0.507. The Kier molecular flexibility index (Phi) is 6.11. The summed E-state index contributed by atoms with van der Waals surface area (Å²) in [7, 11) is 0. The van der Waals surface area contributed by atoms with Gasteiger partial charge in [0.15, 0.2) is 11.6 Å². The Labute approximate surface area is 171 Å². The third-order valence-electron chi connectivity index (χ3n) is 4.29. The molecule has 2 aromatic rings. The molecule has 0 spiro atoms. The zero-order valence-electron chi connectivity index (χ0n) is 14.7. The number of rotatable bonds is 6. The lowest BCUT2D eigenvalue weighted by Crippen LogP contribution is -2.25. The molecule has 144 valence electrons. The SMILES string of the molecule is O=C(CCl)Nc1ccc2c(c1NC(=O)CCCCl)C(=O)c1ccccc1C2=O. The molecule has 0 heterocycles. The number of benzene rings is 2. The van der Waals surface area contributed by atoms with Gasteiger partial charge in [0.1, 0.15) is 5.88 Å². The first-order valence-corrected chi connectivity index (χ1v) is 9.62. The Bertz CT molecular complexity index is 988. The highest BCUT2D eigenvalue weighted by Gasteiger charge is 2.33. The average Bonchev–Trinajstić information content (AvgIpc) is 2.71. The van der Waals surface area contributed by atoms with E-state index in [2.05, 4.69) is 10.6 Å². The highest BCUT2D eigenvalue weighted by molar-refractivity contribution is 6.32. The second kappa shape index (κ2) is 8.54. The molecule has 0 saturated carbocycles. The van der Waals surface area contributed by atoms with E-state index in [1.807, 2.05) is 0 Å². The maximum Gasteiger partial charge on any atom is 0.239 e. The molecule has 3 rings (SSSR count). The average molecular weight is 419 g/mol. The summed E-state index contributed by atoms with van der Waals surface area (Å²) < 4.78 is 0. The molecule has 0 saturated heterocycles. The molecule has 28 heavy (non-hydrogen) atoms. The van der Waals surface area contributed by atoms with Crippen molar-refractivity contribution in [2.75, 3.05) is 22.4 Å². The number of amides is 2. The molecule has 1 aliphatic rings. The fourth-order valence-corrected chi connectivity index (χ4v) is 3.23. The van der Waals surface area contributed by atoms with E-state index in [0.29, 0.717) is 17.9 Å². The topological polar surface area (TPSA) is 92.3 Å². The summed E-state index contributed by atoms with van der Waals surface area (Å²) in [6.45, 7) is 0. The van der Waals surface area contributed by atoms with Gasteiger partial charge in [-0.15, -0.1) is 23.2 Å². The first-order valence-electron chi connectivity index (χ1n) is 8.55. The van der Waals surface area contributed by atoms with E-state index in [9.17, 15) is 19.2 Å². The number of hydrogen-bond donors (Lipinski definition) is 2. The standard InChI is InChI=1S/C20H16Cl2N2O4/c21-9-3-6-15(25)24-18-14(23-16(26)10-22)8-7-13-17(18)20(28)12-5-2-1-4-11(12)19(13)27/h1-2,4-5,7-8H,3,6,9-10H2,(H,23,26)(H,24,25). The zero-order valence-corrected chi connectivity index (χ0v) is 16.2. The highest BCUT2D eigenvalue weighted by Crippen LogP contribution is 2.36. The van der Waals surface area contributed by atoms with Gasteiger partial charge in [-0.2, -0.15) is 0 Å². The monoisotopic (exact) mass is 418 g/mol. The van der Waals surface area contributed by atoms with Crippen LogP contribution in [0.1, 0.15) is 44.7 Å². The van der Waals surface area contributed by atoms with Gasteiger partial charge in [0.2, 0.25) is 11.8 Å². The van der Waals surface area contributed by atoms with Crippen LogP contribution in [-0.4, -0.2) is 35.1 Å². The maximum absolute atomic E-state index is 13.1. The second-order valence-electron chi connectivity index (χ2n) is 6.14. The lowest BCUT2D eigenvalue weighted by molar-refractivity contribution is -0.116. The van der Waals surface area contributed by atoms with Crippen molar-refractivity contribution in [3.63, 3.8) is 0 Å². The number of carbonyl (C=O) groups excluding carboxylic acids is 4. The van der Waals surface area contributed by atoms with Gasteiger partial charge in [-0.25, -0.2) is 0 Å². The third kappa shape index (κ3) is 3.79. The van der Waals surface area contributed by atoms with Gasteiger partial charge in [0.05, 0.1) is 16.9 Å². The summed E-state index contributed by atoms with van der Waals surface area (Å²) in [5.41, 5.74) is 1.05. The van der Waals surface area contributed by atoms with Crippen molar-refractivity contribution in [2.45, 2.75) is 12.8 Å². The van der Waals surface area contributed by atoms with Crippen LogP contribution in [0.25, 0.3) is 0 Å². The quantitative estimate of drug-likeness (QED) is 0.598. The Balaban J connectivity index is 2.13. The van der Waals surface area contributed by atoms with Crippen molar-refractivity contribution >= 4 is 58.0 Å². The minimum absolute atomic E-state index is 0.0512. The fourth-order valence-electron chi connectivity index (χ4n) is 3.03. The van der Waals surface area contributed by atoms with Gasteiger partial charge in [-0.05, 0) is 18.6 Å². The number of carbonyl (C=O) groups is 4. The minimum Gasteiger partial charge on any atom is -0.324 e. The second-order valence-corrected chi connectivity index (χ2v) is 6.78. The van der Waals surface area contributed by atoms with Crippen molar-refractivity contribution in [1.82, 2.24) is 0 Å². The molecule has 0 unspecified atom stereocenters. The molecule has 6 nitrogen and oxygen atoms in total. The number of anilines is 2. The van der Waals surface area contributed by atoms with Gasteiger partial charge in [0, 0.05) is 29.0 Å². The van der Waals surface area contributed by atoms with Crippen molar-refractivity contribution in [2.24, 2.45) is 0 Å². The molecule has 2 aromatic carbocycles. The van der Waals surface area contributed by atoms with Gasteiger partial charge >= 0.3 is 0 Å². The van der Waals surface area contributed by atoms with Crippen LogP contribution in [0.3, 0.4) is 0 Å². The normalized spacial score (nSPS) is 12.2. The molecule has 0 bridgehead atoms. The van der Waals surface area contributed by atoms with Crippen LogP contribution in [0.5, 0.6) is 0 Å². The molecule has 0 radical (unpaired) electrons. The summed E-state index contributed by atoms with van der Waals surface area (Å²) in [4.78, 5) is 50.0. The van der Waals surface area contributed by atoms with Crippen molar-refractivity contribution in [3.8, 4) is 0 Å². The zero-order chi connectivity index (χ0) is 20.3. The molecule has 2 N–H and O–H groups in total. The summed E-state index contributed by atoms with van der Waals surface area (Å²) in [5, 5.41) is 5.21. The van der Waals surface area contributed by atoms with E-state index in [1.54, 1.807) is 24.3 Å². The molecule has 1 aliphatic carbocycles. The van der Waals surface area contributed by atoms with Crippen molar-refractivity contribution in [3.05, 3.63) is 58.7 Å². The van der Waals surface area contributed by atoms with Crippen LogP contribution in [-0.2, 0) is 9.59 Å². The number of ketones is 2. The van der Waals surface area contributed by atoms with Crippen LogP contribution >= 0.6 is 23.2 Å². The molecule has 0 aromatic heterocycles. The Morgan fingerprint density at radius 3 is 2.14 bits per heavy atom. The number of alkyl halides is 2. The van der Waals surface area contributed by atoms with Crippen molar-refractivity contribution in [1.29, 1.82) is 0 Å². The Morgan fingerprint density at radius 1 is 0.821 bits per heavy atom. The van der Waals surface area contributed by atoms with Crippen LogP contribution in [0.4, 0.5) is 11.4 Å². The highest BCUT2D eigenvalue weighted by atomic mass is 35.5. The van der Waals surface area contributed by atoms with Gasteiger partial charge < -0.3 is 10.6 Å². The molecular weight excluding hydrogens is 403 g/mol. The van der Waals surface area contributed by atoms with Gasteiger partial charge in [0.25, 0.3) is 0 Å². The number of nitrogens with one attached hydrogen (secondary N) is 2. The number of hydrogen-bond acceptors (Lipinski definition) is 4. The lowest BCUT2D eigenvalue weighted by Gasteiger charge is -2.23. The molecule has 0 atom stereocenters. The van der Waals surface area contributed by atoms with Crippen molar-refractivity contribution < 1.29 is 19.2 Å². The fraction of sp³-hybridized carbons (Fsp3) is 0.200. The van der Waals surface area contributed by atoms with Gasteiger partial charge in [-0.3, -0.25) is 19.2 Å². The summed E-state index contributed by atoms with van der Waals surface area (Å²) in [5.74, 6) is -1.60. The van der Waals surface area contributed by atoms with Crippen LogP contribution in [0.15, 0.2) is 36.4 Å². The summed E-state index contributed by atoms with van der Waals surface area (Å²) >= 11 is 11.2. The van der Waals surface area contributed by atoms with E-state index < -0.39 is 11.7 Å². The number of halogens is 2. The Morgan fingerprint density at radius 2 is 1.50 bits per heavy atom. The van der Waals surface area contributed by atoms with E-state index >= 15 is 0 Å². The third-order valence-corrected chi connectivity index (χ3v) is 4.80. The molecule has 0 aliphatic heterocycles. The predicted molar refractivity (Wildman–Crippen MR) is 108 cm³/mol. The summed E-state index contributed by atoms with van der Waals surface area (Å²) in [6, 6.07) is 9.41. The van der Waals surface area contributed by atoms with E-state index in [0.717, 1.165) is 0 Å². The molecule has 2 amide bonds. The predicted octanol–water partition coefficient (Wildman–Crippen LogP) is 3.60. The first kappa shape index (κ1) is 20.0. The lowest BCUT2D eigenvalue weighted by atomic mass is 9.82. The first-order chi connectivity index (χ1) is 13.5. The Hall–Kier alpha value is -2.70. The van der Waals surface area contributed by atoms with Gasteiger partial charge in [-0.1, -0.05) is 24.3 Å². The molecular formula is C20H16Cl2N2O4. The maximum atomic E-state index is 13.1.